The Kier molecular flexibility index (Phi) is 5.22. The number of piperazine rings is 1. The summed E-state index contributed by atoms with van der Waals surface area (Å²) >= 11 is 0. The molecule has 0 bridgehead atoms. The van der Waals surface area contributed by atoms with Crippen LogP contribution in [0.1, 0.15) is 23.7 Å². The van der Waals surface area contributed by atoms with Gasteiger partial charge in [-0.25, -0.2) is 0 Å². The van der Waals surface area contributed by atoms with Crippen LogP contribution in [0.4, 0.5) is 0 Å². The van der Waals surface area contributed by atoms with Crippen LogP contribution in [0.15, 0.2) is 36.9 Å². The lowest BCUT2D eigenvalue weighted by Gasteiger charge is -2.35. The molecular weight excluding hydrogens is 306 g/mol. The molecule has 24 heavy (non-hydrogen) atoms. The molecule has 1 N–H and O–H groups in total. The number of aromatic nitrogens is 3. The van der Waals surface area contributed by atoms with E-state index in [2.05, 4.69) is 15.1 Å². The van der Waals surface area contributed by atoms with Gasteiger partial charge in [0.15, 0.2) is 0 Å². The van der Waals surface area contributed by atoms with Gasteiger partial charge in [-0.1, -0.05) is 6.92 Å². The highest BCUT2D eigenvalue weighted by Crippen LogP contribution is 2.13. The van der Waals surface area contributed by atoms with E-state index in [0.717, 1.165) is 25.2 Å². The number of aliphatic hydroxyl groups is 1. The van der Waals surface area contributed by atoms with Crippen molar-refractivity contribution in [2.75, 3.05) is 32.7 Å². The van der Waals surface area contributed by atoms with Gasteiger partial charge in [-0.15, -0.1) is 10.2 Å². The zero-order valence-electron chi connectivity index (χ0n) is 13.9. The van der Waals surface area contributed by atoms with E-state index in [4.69, 9.17) is 0 Å². The third-order valence-corrected chi connectivity index (χ3v) is 4.43. The zero-order valence-corrected chi connectivity index (χ0v) is 13.9. The minimum absolute atomic E-state index is 0.0565. The van der Waals surface area contributed by atoms with Crippen molar-refractivity contribution < 1.29 is 9.90 Å². The van der Waals surface area contributed by atoms with Crippen LogP contribution >= 0.6 is 0 Å². The Labute approximate surface area is 141 Å². The maximum absolute atomic E-state index is 12.6. The van der Waals surface area contributed by atoms with Gasteiger partial charge in [0.25, 0.3) is 5.91 Å². The van der Waals surface area contributed by atoms with E-state index < -0.39 is 0 Å². The molecule has 0 aliphatic carbocycles. The fourth-order valence-electron chi connectivity index (χ4n) is 2.85. The summed E-state index contributed by atoms with van der Waals surface area (Å²) in [5.74, 6) is 0.0565. The molecule has 1 aliphatic heterocycles. The van der Waals surface area contributed by atoms with Crippen LogP contribution in [-0.4, -0.2) is 74.4 Å². The first kappa shape index (κ1) is 16.6. The van der Waals surface area contributed by atoms with Crippen molar-refractivity contribution in [3.63, 3.8) is 0 Å². The molecule has 7 nitrogen and oxygen atoms in total. The summed E-state index contributed by atoms with van der Waals surface area (Å²) in [6, 6.07) is 7.46. The molecule has 2 heterocycles. The van der Waals surface area contributed by atoms with Crippen molar-refractivity contribution in [2.45, 2.75) is 19.4 Å². The van der Waals surface area contributed by atoms with Crippen molar-refractivity contribution in [1.29, 1.82) is 0 Å². The molecule has 1 fully saturated rings. The van der Waals surface area contributed by atoms with E-state index >= 15 is 0 Å². The Morgan fingerprint density at radius 1 is 1.12 bits per heavy atom. The number of nitrogens with zero attached hydrogens (tertiary/aromatic N) is 5. The SMILES string of the molecule is CCC(O)CN1CCN(C(=O)c2ccc(-n3cnnc3)cc2)CC1. The van der Waals surface area contributed by atoms with E-state index in [1.54, 1.807) is 17.2 Å². The molecule has 1 aromatic carbocycles. The first-order chi connectivity index (χ1) is 11.7. The van der Waals surface area contributed by atoms with Crippen molar-refractivity contribution in [1.82, 2.24) is 24.6 Å². The topological polar surface area (TPSA) is 74.5 Å². The van der Waals surface area contributed by atoms with Crippen LogP contribution < -0.4 is 0 Å². The average molecular weight is 329 g/mol. The number of hydrogen-bond acceptors (Lipinski definition) is 5. The van der Waals surface area contributed by atoms with Crippen molar-refractivity contribution >= 4 is 5.91 Å². The van der Waals surface area contributed by atoms with E-state index in [-0.39, 0.29) is 12.0 Å². The Morgan fingerprint density at radius 2 is 1.75 bits per heavy atom. The van der Waals surface area contributed by atoms with Gasteiger partial charge in [0.05, 0.1) is 6.10 Å². The van der Waals surface area contributed by atoms with Gasteiger partial charge >= 0.3 is 0 Å². The summed E-state index contributed by atoms with van der Waals surface area (Å²) in [6.45, 7) is 5.67. The van der Waals surface area contributed by atoms with Crippen molar-refractivity contribution in [3.8, 4) is 5.69 Å². The second kappa shape index (κ2) is 7.55. The number of hydrogen-bond donors (Lipinski definition) is 1. The van der Waals surface area contributed by atoms with Crippen LogP contribution in [0.25, 0.3) is 5.69 Å². The van der Waals surface area contributed by atoms with Crippen LogP contribution in [-0.2, 0) is 0 Å². The highest BCUT2D eigenvalue weighted by Gasteiger charge is 2.23. The first-order valence-corrected chi connectivity index (χ1v) is 8.32. The Hall–Kier alpha value is -2.25. The Balaban J connectivity index is 1.57. The average Bonchev–Trinajstić information content (AvgIpc) is 3.16. The van der Waals surface area contributed by atoms with E-state index in [1.807, 2.05) is 36.1 Å². The second-order valence-corrected chi connectivity index (χ2v) is 6.07. The van der Waals surface area contributed by atoms with Gasteiger partial charge in [-0.05, 0) is 30.7 Å². The molecule has 1 amide bonds. The van der Waals surface area contributed by atoms with Crippen LogP contribution in [0, 0.1) is 0 Å². The fourth-order valence-corrected chi connectivity index (χ4v) is 2.85. The number of carbonyl (C=O) groups is 1. The molecule has 2 aromatic rings. The molecule has 7 heteroatoms. The van der Waals surface area contributed by atoms with Crippen LogP contribution in [0.2, 0.25) is 0 Å². The van der Waals surface area contributed by atoms with Gasteiger partial charge in [-0.2, -0.15) is 0 Å². The monoisotopic (exact) mass is 329 g/mol. The third-order valence-electron chi connectivity index (χ3n) is 4.43. The lowest BCUT2D eigenvalue weighted by molar-refractivity contribution is 0.0524. The molecule has 1 aromatic heterocycles. The summed E-state index contributed by atoms with van der Waals surface area (Å²) in [5.41, 5.74) is 1.61. The van der Waals surface area contributed by atoms with Gasteiger partial charge in [0.2, 0.25) is 0 Å². The van der Waals surface area contributed by atoms with E-state index in [0.29, 0.717) is 25.2 Å². The molecule has 0 spiro atoms. The van der Waals surface area contributed by atoms with Crippen LogP contribution in [0.5, 0.6) is 0 Å². The standard InChI is InChI=1S/C17H23N5O2/c1-2-16(23)11-20-7-9-21(10-8-20)17(24)14-3-5-15(6-4-14)22-12-18-19-13-22/h3-6,12-13,16,23H,2,7-11H2,1H3. The number of benzene rings is 1. The number of aliphatic hydroxyl groups excluding tert-OH is 1. The summed E-state index contributed by atoms with van der Waals surface area (Å²) in [5, 5.41) is 17.3. The minimum Gasteiger partial charge on any atom is -0.392 e. The second-order valence-electron chi connectivity index (χ2n) is 6.07. The predicted molar refractivity (Wildman–Crippen MR) is 90.0 cm³/mol. The molecule has 1 atom stereocenters. The summed E-state index contributed by atoms with van der Waals surface area (Å²) < 4.78 is 1.80. The fraction of sp³-hybridized carbons (Fsp3) is 0.471. The van der Waals surface area contributed by atoms with Gasteiger partial charge in [0.1, 0.15) is 12.7 Å². The van der Waals surface area contributed by atoms with E-state index in [1.165, 1.54) is 0 Å². The molecule has 1 aliphatic rings. The summed E-state index contributed by atoms with van der Waals surface area (Å²) in [4.78, 5) is 16.7. The number of rotatable bonds is 5. The van der Waals surface area contributed by atoms with Crippen LogP contribution in [0.3, 0.4) is 0 Å². The zero-order chi connectivity index (χ0) is 16.9. The Morgan fingerprint density at radius 3 is 2.33 bits per heavy atom. The molecule has 1 unspecified atom stereocenters. The molecule has 0 radical (unpaired) electrons. The quantitative estimate of drug-likeness (QED) is 0.878. The van der Waals surface area contributed by atoms with Gasteiger partial charge < -0.3 is 10.0 Å². The molecular formula is C17H23N5O2. The maximum Gasteiger partial charge on any atom is 0.253 e. The van der Waals surface area contributed by atoms with E-state index in [9.17, 15) is 9.90 Å². The summed E-state index contributed by atoms with van der Waals surface area (Å²) in [6.07, 6.45) is 3.73. The first-order valence-electron chi connectivity index (χ1n) is 8.32. The van der Waals surface area contributed by atoms with Gasteiger partial charge in [-0.3, -0.25) is 14.3 Å². The summed E-state index contributed by atoms with van der Waals surface area (Å²) in [7, 11) is 0. The minimum atomic E-state index is -0.280. The predicted octanol–water partition coefficient (Wildman–Crippen LogP) is 0.796. The molecule has 1 saturated heterocycles. The maximum atomic E-state index is 12.6. The normalized spacial score (nSPS) is 17.0. The smallest absolute Gasteiger partial charge is 0.253 e. The molecule has 0 saturated carbocycles. The molecule has 3 rings (SSSR count). The molecule has 128 valence electrons. The van der Waals surface area contributed by atoms with Gasteiger partial charge in [0, 0.05) is 44.0 Å². The number of β-amino-alcohol motifs (C(OH)–C–C–N with tert-alkyl or cyclic N) is 1. The third kappa shape index (κ3) is 3.80. The number of amides is 1. The lowest BCUT2D eigenvalue weighted by atomic mass is 10.1. The number of carbonyl (C=O) groups excluding carboxylic acids is 1. The highest BCUT2D eigenvalue weighted by atomic mass is 16.3. The van der Waals surface area contributed by atoms with Crippen molar-refractivity contribution in [2.24, 2.45) is 0 Å². The lowest BCUT2D eigenvalue weighted by Crippen LogP contribution is -2.50. The van der Waals surface area contributed by atoms with Crippen molar-refractivity contribution in [3.05, 3.63) is 42.5 Å². The highest BCUT2D eigenvalue weighted by molar-refractivity contribution is 5.94. The Bertz CT molecular complexity index is 648. The largest absolute Gasteiger partial charge is 0.392 e.